The number of ether oxygens (including phenoxy) is 2. The Labute approximate surface area is 165 Å². The van der Waals surface area contributed by atoms with Gasteiger partial charge >= 0.3 is 0 Å². The van der Waals surface area contributed by atoms with Crippen LogP contribution in [0.2, 0.25) is 0 Å². The Morgan fingerprint density at radius 2 is 1.52 bits per heavy atom. The van der Waals surface area contributed by atoms with Crippen LogP contribution in [0.1, 0.15) is 84.0 Å². The van der Waals surface area contributed by atoms with E-state index in [2.05, 4.69) is 19.1 Å². The summed E-state index contributed by atoms with van der Waals surface area (Å²) >= 11 is 0. The van der Waals surface area contributed by atoms with E-state index in [9.17, 15) is 15.3 Å². The van der Waals surface area contributed by atoms with Gasteiger partial charge in [0.2, 0.25) is 0 Å². The molecule has 0 amide bonds. The molecule has 5 nitrogen and oxygen atoms in total. The fraction of sp³-hybridized carbons (Fsp3) is 0.909. The lowest BCUT2D eigenvalue weighted by Gasteiger charge is -2.20. The third kappa shape index (κ3) is 11.9. The molecule has 1 aliphatic rings. The summed E-state index contributed by atoms with van der Waals surface area (Å²) in [5.74, 6) is 0. The van der Waals surface area contributed by atoms with Gasteiger partial charge in [-0.1, -0.05) is 64.0 Å². The van der Waals surface area contributed by atoms with Gasteiger partial charge in [-0.3, -0.25) is 0 Å². The minimum Gasteiger partial charge on any atom is -0.388 e. The fourth-order valence-electron chi connectivity index (χ4n) is 3.36. The second kappa shape index (κ2) is 16.5. The van der Waals surface area contributed by atoms with Gasteiger partial charge < -0.3 is 24.8 Å². The molecule has 1 aliphatic heterocycles. The van der Waals surface area contributed by atoms with Crippen LogP contribution in [0, 0.1) is 0 Å². The van der Waals surface area contributed by atoms with Gasteiger partial charge in [-0.05, 0) is 32.1 Å². The van der Waals surface area contributed by atoms with Crippen LogP contribution in [-0.4, -0.2) is 59.6 Å². The lowest BCUT2D eigenvalue weighted by atomic mass is 10.1. The Morgan fingerprint density at radius 1 is 0.926 bits per heavy atom. The molecule has 0 radical (unpaired) electrons. The quantitative estimate of drug-likeness (QED) is 0.262. The largest absolute Gasteiger partial charge is 0.388 e. The Morgan fingerprint density at radius 3 is 2.11 bits per heavy atom. The molecular weight excluding hydrogens is 344 g/mol. The Balaban J connectivity index is 1.82. The zero-order chi connectivity index (χ0) is 19.7. The molecule has 1 heterocycles. The van der Waals surface area contributed by atoms with E-state index in [0.29, 0.717) is 6.61 Å². The first-order valence-electron chi connectivity index (χ1n) is 11.0. The number of allylic oxidation sites excluding steroid dienone is 2. The fourth-order valence-corrected chi connectivity index (χ4v) is 3.36. The summed E-state index contributed by atoms with van der Waals surface area (Å²) in [7, 11) is 0. The van der Waals surface area contributed by atoms with Crippen molar-refractivity contribution in [3.05, 3.63) is 12.2 Å². The standard InChI is InChI=1S/C22H42O5/c1-2-3-4-5-6-7-8-9-10-11-12-13-14-15-16-26-17-20(24)22-21(25)19(23)18-27-22/h9-10,19-25H,2-8,11-18H2,1H3/b10-9+/t19-,20+,21-,22-/m1/s1. The molecule has 5 heteroatoms. The summed E-state index contributed by atoms with van der Waals surface area (Å²) in [6.07, 6.45) is 16.1. The second-order valence-corrected chi connectivity index (χ2v) is 7.73. The summed E-state index contributed by atoms with van der Waals surface area (Å²) in [5, 5.41) is 29.0. The van der Waals surface area contributed by atoms with E-state index in [0.717, 1.165) is 19.3 Å². The van der Waals surface area contributed by atoms with Crippen molar-refractivity contribution in [2.75, 3.05) is 19.8 Å². The van der Waals surface area contributed by atoms with Crippen LogP contribution in [0.25, 0.3) is 0 Å². The first kappa shape index (κ1) is 24.6. The maximum atomic E-state index is 9.92. The molecule has 0 aromatic rings. The van der Waals surface area contributed by atoms with E-state index >= 15 is 0 Å². The Kier molecular flexibility index (Phi) is 15.0. The third-order valence-electron chi connectivity index (χ3n) is 5.16. The van der Waals surface area contributed by atoms with Crippen LogP contribution in [0.5, 0.6) is 0 Å². The van der Waals surface area contributed by atoms with Crippen molar-refractivity contribution in [2.24, 2.45) is 0 Å². The normalized spacial score (nSPS) is 24.1. The van der Waals surface area contributed by atoms with Gasteiger partial charge in [0.25, 0.3) is 0 Å². The lowest BCUT2D eigenvalue weighted by Crippen LogP contribution is -2.40. The van der Waals surface area contributed by atoms with Crippen LogP contribution in [0.15, 0.2) is 12.2 Å². The van der Waals surface area contributed by atoms with Crippen molar-refractivity contribution in [1.82, 2.24) is 0 Å². The molecule has 1 rings (SSSR count). The summed E-state index contributed by atoms with van der Waals surface area (Å²) in [4.78, 5) is 0. The van der Waals surface area contributed by atoms with Gasteiger partial charge in [-0.2, -0.15) is 0 Å². The van der Waals surface area contributed by atoms with E-state index in [-0.39, 0.29) is 13.2 Å². The van der Waals surface area contributed by atoms with E-state index < -0.39 is 24.4 Å². The lowest BCUT2D eigenvalue weighted by molar-refractivity contribution is -0.0813. The van der Waals surface area contributed by atoms with Gasteiger partial charge in [0.15, 0.2) is 0 Å². The summed E-state index contributed by atoms with van der Waals surface area (Å²) < 4.78 is 10.6. The second-order valence-electron chi connectivity index (χ2n) is 7.73. The number of aliphatic hydroxyl groups is 3. The van der Waals surface area contributed by atoms with E-state index in [1.54, 1.807) is 0 Å². The Hall–Kier alpha value is -0.460. The number of rotatable bonds is 17. The number of unbranched alkanes of at least 4 members (excludes halogenated alkanes) is 10. The van der Waals surface area contributed by atoms with Gasteiger partial charge in [0.1, 0.15) is 24.4 Å². The van der Waals surface area contributed by atoms with Crippen molar-refractivity contribution in [3.8, 4) is 0 Å². The molecule has 4 atom stereocenters. The smallest absolute Gasteiger partial charge is 0.114 e. The molecule has 1 fully saturated rings. The molecule has 0 bridgehead atoms. The summed E-state index contributed by atoms with van der Waals surface area (Å²) in [6.45, 7) is 3.06. The van der Waals surface area contributed by atoms with Crippen LogP contribution in [-0.2, 0) is 9.47 Å². The average molecular weight is 387 g/mol. The molecule has 0 aromatic carbocycles. The minimum atomic E-state index is -1.03. The third-order valence-corrected chi connectivity index (χ3v) is 5.16. The predicted molar refractivity (Wildman–Crippen MR) is 109 cm³/mol. The SMILES string of the molecule is CCCCCCCC/C=C/CCCCCCOC[C@H](O)[C@H]1OC[C@@H](O)[C@H]1O. The van der Waals surface area contributed by atoms with Gasteiger partial charge in [0, 0.05) is 6.61 Å². The van der Waals surface area contributed by atoms with Crippen LogP contribution in [0.3, 0.4) is 0 Å². The molecule has 0 spiro atoms. The zero-order valence-electron chi connectivity index (χ0n) is 17.2. The summed E-state index contributed by atoms with van der Waals surface area (Å²) in [6, 6.07) is 0. The van der Waals surface area contributed by atoms with Crippen molar-refractivity contribution >= 4 is 0 Å². The van der Waals surface area contributed by atoms with Crippen molar-refractivity contribution < 1.29 is 24.8 Å². The van der Waals surface area contributed by atoms with Gasteiger partial charge in [0.05, 0.1) is 13.2 Å². The molecule has 1 saturated heterocycles. The number of aliphatic hydroxyl groups excluding tert-OH is 3. The topological polar surface area (TPSA) is 79.2 Å². The first-order valence-corrected chi connectivity index (χ1v) is 11.0. The molecular formula is C22H42O5. The highest BCUT2D eigenvalue weighted by molar-refractivity contribution is 4.87. The molecule has 3 N–H and O–H groups in total. The van der Waals surface area contributed by atoms with Gasteiger partial charge in [-0.25, -0.2) is 0 Å². The van der Waals surface area contributed by atoms with E-state index in [1.165, 1.54) is 57.8 Å². The predicted octanol–water partition coefficient (Wildman–Crippen LogP) is 3.74. The molecule has 0 unspecified atom stereocenters. The van der Waals surface area contributed by atoms with Crippen molar-refractivity contribution in [1.29, 1.82) is 0 Å². The molecule has 27 heavy (non-hydrogen) atoms. The molecule has 0 aromatic heterocycles. The summed E-state index contributed by atoms with van der Waals surface area (Å²) in [5.41, 5.74) is 0. The first-order chi connectivity index (χ1) is 13.2. The number of hydrogen-bond donors (Lipinski definition) is 3. The van der Waals surface area contributed by atoms with E-state index in [4.69, 9.17) is 9.47 Å². The Bertz CT molecular complexity index is 361. The zero-order valence-corrected chi connectivity index (χ0v) is 17.2. The van der Waals surface area contributed by atoms with Crippen LogP contribution in [0.4, 0.5) is 0 Å². The highest BCUT2D eigenvalue weighted by Crippen LogP contribution is 2.18. The van der Waals surface area contributed by atoms with Crippen LogP contribution < -0.4 is 0 Å². The molecule has 0 saturated carbocycles. The van der Waals surface area contributed by atoms with Crippen molar-refractivity contribution in [3.63, 3.8) is 0 Å². The number of hydrogen-bond acceptors (Lipinski definition) is 5. The van der Waals surface area contributed by atoms with Crippen molar-refractivity contribution in [2.45, 2.75) is 108 Å². The highest BCUT2D eigenvalue weighted by atomic mass is 16.5. The maximum absolute atomic E-state index is 9.92. The highest BCUT2D eigenvalue weighted by Gasteiger charge is 2.39. The maximum Gasteiger partial charge on any atom is 0.114 e. The average Bonchev–Trinajstić information content (AvgIpc) is 3.00. The van der Waals surface area contributed by atoms with E-state index in [1.807, 2.05) is 0 Å². The minimum absolute atomic E-state index is 0.0658. The molecule has 0 aliphatic carbocycles. The van der Waals surface area contributed by atoms with Gasteiger partial charge in [-0.15, -0.1) is 0 Å². The van der Waals surface area contributed by atoms with Crippen LogP contribution >= 0.6 is 0 Å². The monoisotopic (exact) mass is 386 g/mol. The molecule has 160 valence electrons.